The number of rotatable bonds is 6. The summed E-state index contributed by atoms with van der Waals surface area (Å²) in [6.07, 6.45) is 2.26. The van der Waals surface area contributed by atoms with Gasteiger partial charge in [-0.25, -0.2) is 17.5 Å². The molecule has 2 rings (SSSR count). The molecular formula is C17H24N2O7S. The van der Waals surface area contributed by atoms with E-state index in [-0.39, 0.29) is 23.7 Å². The number of carbonyl (C=O) groups is 2. The van der Waals surface area contributed by atoms with E-state index in [0.29, 0.717) is 30.9 Å². The Morgan fingerprint density at radius 2 is 1.78 bits per heavy atom. The highest BCUT2D eigenvalue weighted by Crippen LogP contribution is 2.34. The van der Waals surface area contributed by atoms with Crippen molar-refractivity contribution in [3.8, 4) is 11.5 Å². The second-order valence-corrected chi connectivity index (χ2v) is 8.18. The van der Waals surface area contributed by atoms with Crippen molar-refractivity contribution in [1.29, 1.82) is 0 Å². The predicted octanol–water partition coefficient (Wildman–Crippen LogP) is 1.10. The number of piperidine rings is 1. The molecule has 9 nitrogen and oxygen atoms in total. The van der Waals surface area contributed by atoms with Crippen molar-refractivity contribution in [3.63, 3.8) is 0 Å². The molecule has 1 fully saturated rings. The summed E-state index contributed by atoms with van der Waals surface area (Å²) in [6, 6.07) is 2.89. The molecular weight excluding hydrogens is 376 g/mol. The van der Waals surface area contributed by atoms with Crippen LogP contribution in [0.1, 0.15) is 23.2 Å². The lowest BCUT2D eigenvalue weighted by molar-refractivity contribution is -0.120. The molecule has 0 aliphatic carbocycles. The normalized spacial score (nSPS) is 17.9. The average molecular weight is 400 g/mol. The van der Waals surface area contributed by atoms with Gasteiger partial charge < -0.3 is 19.5 Å². The zero-order valence-electron chi connectivity index (χ0n) is 15.8. The summed E-state index contributed by atoms with van der Waals surface area (Å²) >= 11 is 0. The molecule has 1 atom stereocenters. The van der Waals surface area contributed by atoms with E-state index < -0.39 is 21.9 Å². The van der Waals surface area contributed by atoms with Crippen LogP contribution in [0.3, 0.4) is 0 Å². The summed E-state index contributed by atoms with van der Waals surface area (Å²) in [6.45, 7) is 0.498. The highest BCUT2D eigenvalue weighted by atomic mass is 32.2. The number of methoxy groups -OCH3 is 3. The van der Waals surface area contributed by atoms with Gasteiger partial charge in [-0.05, 0) is 12.8 Å². The third kappa shape index (κ3) is 4.89. The fourth-order valence-electron chi connectivity index (χ4n) is 2.95. The number of nitrogens with zero attached hydrogens (tertiary/aromatic N) is 1. The van der Waals surface area contributed by atoms with Crippen LogP contribution < -0.4 is 14.8 Å². The molecule has 10 heteroatoms. The van der Waals surface area contributed by atoms with Crippen molar-refractivity contribution in [2.24, 2.45) is 5.92 Å². The minimum absolute atomic E-state index is 0.103. The number of nitrogens with one attached hydrogen (secondary N) is 1. The predicted molar refractivity (Wildman–Crippen MR) is 98.7 cm³/mol. The van der Waals surface area contributed by atoms with Gasteiger partial charge in [-0.2, -0.15) is 0 Å². The minimum atomic E-state index is -3.37. The Morgan fingerprint density at radius 1 is 1.15 bits per heavy atom. The summed E-state index contributed by atoms with van der Waals surface area (Å²) in [5.41, 5.74) is 0.320. The van der Waals surface area contributed by atoms with E-state index in [9.17, 15) is 18.0 Å². The monoisotopic (exact) mass is 400 g/mol. The van der Waals surface area contributed by atoms with Gasteiger partial charge in [0.05, 0.1) is 44.8 Å². The quantitative estimate of drug-likeness (QED) is 0.712. The number of anilines is 1. The number of esters is 1. The Bertz CT molecular complexity index is 823. The molecule has 1 aromatic rings. The Balaban J connectivity index is 2.29. The van der Waals surface area contributed by atoms with Gasteiger partial charge in [0, 0.05) is 25.2 Å². The summed E-state index contributed by atoms with van der Waals surface area (Å²) in [4.78, 5) is 24.8. The SMILES string of the molecule is COC(=O)c1cc(OC)c(OC)cc1NC(=O)C1CCCN(S(C)(=O)=O)C1. The number of carbonyl (C=O) groups excluding carboxylic acids is 2. The van der Waals surface area contributed by atoms with Crippen LogP contribution in [0.25, 0.3) is 0 Å². The van der Waals surface area contributed by atoms with Crippen molar-refractivity contribution in [2.45, 2.75) is 12.8 Å². The number of sulfonamides is 1. The van der Waals surface area contributed by atoms with Crippen molar-refractivity contribution in [2.75, 3.05) is 46.0 Å². The molecule has 0 radical (unpaired) electrons. The molecule has 27 heavy (non-hydrogen) atoms. The molecule has 0 saturated carbocycles. The number of benzene rings is 1. The highest BCUT2D eigenvalue weighted by Gasteiger charge is 2.31. The van der Waals surface area contributed by atoms with Crippen LogP contribution in [0.15, 0.2) is 12.1 Å². The molecule has 0 aromatic heterocycles. The first-order chi connectivity index (χ1) is 12.7. The smallest absolute Gasteiger partial charge is 0.340 e. The van der Waals surface area contributed by atoms with E-state index in [1.54, 1.807) is 0 Å². The minimum Gasteiger partial charge on any atom is -0.493 e. The van der Waals surface area contributed by atoms with Crippen molar-refractivity contribution < 1.29 is 32.2 Å². The zero-order chi connectivity index (χ0) is 20.2. The van der Waals surface area contributed by atoms with Crippen molar-refractivity contribution in [1.82, 2.24) is 4.31 Å². The summed E-state index contributed by atoms with van der Waals surface area (Å²) in [7, 11) is 0.731. The lowest BCUT2D eigenvalue weighted by atomic mass is 9.98. The maximum Gasteiger partial charge on any atom is 0.340 e. The van der Waals surface area contributed by atoms with Crippen LogP contribution >= 0.6 is 0 Å². The Kier molecular flexibility index (Phi) is 6.66. The first-order valence-electron chi connectivity index (χ1n) is 8.31. The molecule has 0 bridgehead atoms. The maximum absolute atomic E-state index is 12.7. The van der Waals surface area contributed by atoms with Crippen LogP contribution in [-0.4, -0.2) is 65.3 Å². The summed E-state index contributed by atoms with van der Waals surface area (Å²) in [5, 5.41) is 2.70. The maximum atomic E-state index is 12.7. The highest BCUT2D eigenvalue weighted by molar-refractivity contribution is 7.88. The lowest BCUT2D eigenvalue weighted by Crippen LogP contribution is -2.43. The van der Waals surface area contributed by atoms with Crippen LogP contribution in [0.2, 0.25) is 0 Å². The van der Waals surface area contributed by atoms with Gasteiger partial charge in [-0.15, -0.1) is 0 Å². The van der Waals surface area contributed by atoms with Gasteiger partial charge in [-0.1, -0.05) is 0 Å². The third-order valence-electron chi connectivity index (χ3n) is 4.41. The molecule has 1 aliphatic heterocycles. The van der Waals surface area contributed by atoms with E-state index in [1.165, 1.54) is 37.8 Å². The van der Waals surface area contributed by atoms with Crippen LogP contribution in [0.5, 0.6) is 11.5 Å². The van der Waals surface area contributed by atoms with Crippen molar-refractivity contribution >= 4 is 27.6 Å². The van der Waals surface area contributed by atoms with Gasteiger partial charge >= 0.3 is 5.97 Å². The Hall–Kier alpha value is -2.33. The number of hydrogen-bond donors (Lipinski definition) is 1. The second kappa shape index (κ2) is 8.57. The van der Waals surface area contributed by atoms with Gasteiger partial charge in [0.1, 0.15) is 0 Å². The largest absolute Gasteiger partial charge is 0.493 e. The molecule has 1 aliphatic rings. The fourth-order valence-corrected chi connectivity index (χ4v) is 3.87. The van der Waals surface area contributed by atoms with E-state index in [0.717, 1.165) is 6.26 Å². The van der Waals surface area contributed by atoms with Crippen molar-refractivity contribution in [3.05, 3.63) is 17.7 Å². The van der Waals surface area contributed by atoms with Gasteiger partial charge in [0.2, 0.25) is 15.9 Å². The summed E-state index contributed by atoms with van der Waals surface area (Å²) in [5.74, 6) is -0.890. The fraction of sp³-hybridized carbons (Fsp3) is 0.529. The standard InChI is InChI=1S/C17H24N2O7S/c1-24-14-8-12(17(21)26-3)13(9-15(14)25-2)18-16(20)11-6-5-7-19(10-11)27(4,22)23/h8-9,11H,5-7,10H2,1-4H3,(H,18,20). The summed E-state index contributed by atoms with van der Waals surface area (Å²) < 4.78 is 40.0. The van der Waals surface area contributed by atoms with Gasteiger partial charge in [0.15, 0.2) is 11.5 Å². The van der Waals surface area contributed by atoms with Gasteiger partial charge in [-0.3, -0.25) is 4.79 Å². The van der Waals surface area contributed by atoms with E-state index >= 15 is 0 Å². The molecule has 1 aromatic carbocycles. The van der Waals surface area contributed by atoms with E-state index in [2.05, 4.69) is 5.32 Å². The molecule has 1 amide bonds. The molecule has 1 unspecified atom stereocenters. The van der Waals surface area contributed by atoms with Crippen LogP contribution in [-0.2, 0) is 19.6 Å². The molecule has 1 heterocycles. The number of hydrogen-bond acceptors (Lipinski definition) is 7. The number of ether oxygens (including phenoxy) is 3. The molecule has 150 valence electrons. The Morgan fingerprint density at radius 3 is 2.33 bits per heavy atom. The van der Waals surface area contributed by atoms with Crippen LogP contribution in [0.4, 0.5) is 5.69 Å². The van der Waals surface area contributed by atoms with E-state index in [4.69, 9.17) is 14.2 Å². The lowest BCUT2D eigenvalue weighted by Gasteiger charge is -2.30. The van der Waals surface area contributed by atoms with Crippen LogP contribution in [0, 0.1) is 5.92 Å². The molecule has 1 N–H and O–H groups in total. The average Bonchev–Trinajstić information content (AvgIpc) is 2.66. The first kappa shape index (κ1) is 21.0. The van der Waals surface area contributed by atoms with Gasteiger partial charge in [0.25, 0.3) is 0 Å². The molecule has 0 spiro atoms. The Labute approximate surface area is 158 Å². The zero-order valence-corrected chi connectivity index (χ0v) is 16.6. The van der Waals surface area contributed by atoms with E-state index in [1.807, 2.05) is 0 Å². The third-order valence-corrected chi connectivity index (χ3v) is 5.68. The topological polar surface area (TPSA) is 111 Å². The molecule has 1 saturated heterocycles. The first-order valence-corrected chi connectivity index (χ1v) is 10.2. The number of amides is 1. The second-order valence-electron chi connectivity index (χ2n) is 6.19.